The Morgan fingerprint density at radius 2 is 2.11 bits per heavy atom. The van der Waals surface area contributed by atoms with Crippen molar-refractivity contribution in [3.05, 3.63) is 66.0 Å². The summed E-state index contributed by atoms with van der Waals surface area (Å²) in [6.45, 7) is 7.68. The largest absolute Gasteiger partial charge is 0.387 e. The fraction of sp³-hybridized carbons (Fsp3) is 0.296. The summed E-state index contributed by atoms with van der Waals surface area (Å²) in [6.07, 6.45) is 9.19. The number of aliphatic hydroxyl groups is 1. The van der Waals surface area contributed by atoms with Crippen molar-refractivity contribution in [3.63, 3.8) is 0 Å². The number of allylic oxidation sites excluding steroid dienone is 2. The maximum Gasteiger partial charge on any atom is 0.252 e. The number of piperidine rings is 1. The molecule has 6 rings (SSSR count). The van der Waals surface area contributed by atoms with Crippen molar-refractivity contribution in [1.29, 1.82) is 0 Å². The number of fused-ring (bicyclic) bond motifs is 3. The van der Waals surface area contributed by atoms with Crippen molar-refractivity contribution >= 4 is 22.9 Å². The van der Waals surface area contributed by atoms with E-state index in [9.17, 15) is 9.90 Å². The van der Waals surface area contributed by atoms with Crippen LogP contribution in [0.5, 0.6) is 0 Å². The van der Waals surface area contributed by atoms with Crippen LogP contribution in [0.15, 0.2) is 54.8 Å². The molecule has 0 unspecified atom stereocenters. The van der Waals surface area contributed by atoms with Crippen LogP contribution in [0.1, 0.15) is 50.3 Å². The minimum Gasteiger partial charge on any atom is -0.387 e. The molecular weight excluding hydrogens is 468 g/mol. The number of H-pyrrole nitrogens is 1. The lowest BCUT2D eigenvalue weighted by Crippen LogP contribution is -2.42. The van der Waals surface area contributed by atoms with Gasteiger partial charge in [-0.3, -0.25) is 9.78 Å². The highest BCUT2D eigenvalue weighted by molar-refractivity contribution is 5.83. The molecule has 4 N–H and O–H groups in total. The van der Waals surface area contributed by atoms with Gasteiger partial charge >= 0.3 is 0 Å². The van der Waals surface area contributed by atoms with Gasteiger partial charge in [0.25, 0.3) is 5.91 Å². The highest BCUT2D eigenvalue weighted by atomic mass is 16.3. The van der Waals surface area contributed by atoms with Crippen LogP contribution in [0, 0.1) is 0 Å². The quantitative estimate of drug-likeness (QED) is 0.384. The molecule has 0 saturated carbocycles. The number of anilines is 1. The normalized spacial score (nSPS) is 19.2. The molecule has 188 valence electrons. The number of hydrogen-bond donors (Lipinski definition) is 3. The van der Waals surface area contributed by atoms with E-state index in [1.54, 1.807) is 34.2 Å². The van der Waals surface area contributed by atoms with Gasteiger partial charge in [-0.2, -0.15) is 9.61 Å². The number of aromatic nitrogens is 6. The standard InChI is InChI=1S/C27H28N8O2/c1-14(2)23-24(17-9-18-8-15(3)21(10-17)34(18)22(37)13-36)33-27-19(12-32-35(27)25(23)28)16-4-5-20(31-11-16)26-29-6-7-30-26/h4-7,11-12,17-18,36H,1,8-10,13,28H2,2-3H3,(H,29,30)/t17-,18-/m0/s1. The number of nitrogens with one attached hydrogen (secondary N) is 1. The topological polar surface area (TPSA) is 138 Å². The molecule has 2 bridgehead atoms. The predicted molar refractivity (Wildman–Crippen MR) is 140 cm³/mol. The number of carbonyl (C=O) groups is 1. The first-order valence-corrected chi connectivity index (χ1v) is 12.3. The molecule has 6 heterocycles. The van der Waals surface area contributed by atoms with Crippen molar-refractivity contribution in [2.24, 2.45) is 0 Å². The van der Waals surface area contributed by atoms with Gasteiger partial charge in [-0.05, 0) is 44.7 Å². The number of aliphatic hydroxyl groups excluding tert-OH is 1. The molecule has 2 aliphatic rings. The fourth-order valence-electron chi connectivity index (χ4n) is 5.80. The lowest BCUT2D eigenvalue weighted by atomic mass is 9.85. The summed E-state index contributed by atoms with van der Waals surface area (Å²) in [5.74, 6) is 1.00. The van der Waals surface area contributed by atoms with Gasteiger partial charge in [0, 0.05) is 52.9 Å². The Bertz CT molecular complexity index is 1570. The Labute approximate surface area is 213 Å². The van der Waals surface area contributed by atoms with Crippen molar-refractivity contribution in [2.45, 2.75) is 45.1 Å². The van der Waals surface area contributed by atoms with Crippen LogP contribution in [0.2, 0.25) is 0 Å². The minimum atomic E-state index is -0.488. The van der Waals surface area contributed by atoms with Crippen molar-refractivity contribution in [3.8, 4) is 22.6 Å². The molecular formula is C27H28N8O2. The first-order chi connectivity index (χ1) is 17.9. The maximum absolute atomic E-state index is 12.5. The van der Waals surface area contributed by atoms with Gasteiger partial charge in [0.1, 0.15) is 18.1 Å². The lowest BCUT2D eigenvalue weighted by Gasteiger charge is -2.37. The monoisotopic (exact) mass is 496 g/mol. The van der Waals surface area contributed by atoms with Crippen molar-refractivity contribution < 1.29 is 9.90 Å². The number of nitrogens with zero attached hydrogens (tertiary/aromatic N) is 6. The van der Waals surface area contributed by atoms with Crippen LogP contribution in [-0.2, 0) is 4.79 Å². The summed E-state index contributed by atoms with van der Waals surface area (Å²) in [7, 11) is 0. The smallest absolute Gasteiger partial charge is 0.252 e. The predicted octanol–water partition coefficient (Wildman–Crippen LogP) is 3.54. The third-order valence-corrected chi connectivity index (χ3v) is 7.43. The minimum absolute atomic E-state index is 0.00773. The van der Waals surface area contributed by atoms with Crippen LogP contribution in [0.4, 0.5) is 5.82 Å². The van der Waals surface area contributed by atoms with E-state index in [1.165, 1.54) is 5.57 Å². The van der Waals surface area contributed by atoms with Gasteiger partial charge in [-0.1, -0.05) is 18.2 Å². The number of amides is 1. The zero-order valence-electron chi connectivity index (χ0n) is 20.8. The summed E-state index contributed by atoms with van der Waals surface area (Å²) < 4.78 is 1.66. The van der Waals surface area contributed by atoms with Gasteiger partial charge in [0.2, 0.25) is 0 Å². The molecule has 37 heavy (non-hydrogen) atoms. The second-order valence-electron chi connectivity index (χ2n) is 9.84. The van der Waals surface area contributed by atoms with Crippen LogP contribution in [0.25, 0.3) is 33.9 Å². The molecule has 1 amide bonds. The number of carbonyl (C=O) groups excluding carboxylic acids is 1. The SMILES string of the molecule is C=C(C)c1c([C@@H]2CC3=C(C)C[C@@H](C2)N3C(=O)CO)nc2c(-c3ccc(-c4ncc[nH]4)nc3)cnn2c1N. The second-order valence-corrected chi connectivity index (χ2v) is 9.84. The van der Waals surface area contributed by atoms with E-state index in [-0.39, 0.29) is 17.9 Å². The Balaban J connectivity index is 1.44. The van der Waals surface area contributed by atoms with Crippen LogP contribution in [0.3, 0.4) is 0 Å². The highest BCUT2D eigenvalue weighted by Crippen LogP contribution is 2.47. The molecule has 2 aliphatic heterocycles. The fourth-order valence-corrected chi connectivity index (χ4v) is 5.80. The van der Waals surface area contributed by atoms with E-state index < -0.39 is 6.61 Å². The molecule has 1 saturated heterocycles. The van der Waals surface area contributed by atoms with E-state index in [1.807, 2.05) is 19.1 Å². The number of hydrogen-bond acceptors (Lipinski definition) is 7. The Morgan fingerprint density at radius 1 is 1.27 bits per heavy atom. The number of imidazole rings is 1. The number of rotatable bonds is 5. The summed E-state index contributed by atoms with van der Waals surface area (Å²) in [4.78, 5) is 31.3. The molecule has 0 radical (unpaired) electrons. The van der Waals surface area contributed by atoms with Gasteiger partial charge in [-0.25, -0.2) is 9.97 Å². The Morgan fingerprint density at radius 3 is 2.76 bits per heavy atom. The van der Waals surface area contributed by atoms with Crippen molar-refractivity contribution in [1.82, 2.24) is 34.4 Å². The number of nitrogens with two attached hydrogens (primary N) is 1. The van der Waals surface area contributed by atoms with E-state index in [2.05, 4.69) is 33.6 Å². The first kappa shape index (κ1) is 23.1. The van der Waals surface area contributed by atoms with Crippen molar-refractivity contribution in [2.75, 3.05) is 12.3 Å². The molecule has 10 heteroatoms. The van der Waals surface area contributed by atoms with E-state index in [0.29, 0.717) is 23.7 Å². The Kier molecular flexibility index (Phi) is 5.41. The molecule has 4 aromatic rings. The molecule has 1 fully saturated rings. The molecule has 2 atom stereocenters. The van der Waals surface area contributed by atoms with E-state index in [0.717, 1.165) is 52.2 Å². The average molecular weight is 497 g/mol. The maximum atomic E-state index is 12.5. The molecule has 0 aromatic carbocycles. The highest BCUT2D eigenvalue weighted by Gasteiger charge is 2.42. The zero-order chi connectivity index (χ0) is 25.8. The summed E-state index contributed by atoms with van der Waals surface area (Å²) >= 11 is 0. The molecule has 0 aliphatic carbocycles. The zero-order valence-corrected chi connectivity index (χ0v) is 20.8. The van der Waals surface area contributed by atoms with Crippen LogP contribution < -0.4 is 5.73 Å². The van der Waals surface area contributed by atoms with E-state index in [4.69, 9.17) is 10.7 Å². The first-order valence-electron chi connectivity index (χ1n) is 12.3. The molecule has 0 spiro atoms. The third-order valence-electron chi connectivity index (χ3n) is 7.43. The van der Waals surface area contributed by atoms with Crippen LogP contribution in [-0.4, -0.2) is 58.1 Å². The number of aromatic amines is 1. The van der Waals surface area contributed by atoms with E-state index >= 15 is 0 Å². The van der Waals surface area contributed by atoms with Gasteiger partial charge in [-0.15, -0.1) is 0 Å². The summed E-state index contributed by atoms with van der Waals surface area (Å²) in [6, 6.07) is 3.89. The summed E-state index contributed by atoms with van der Waals surface area (Å²) in [5, 5.41) is 14.1. The van der Waals surface area contributed by atoms with Gasteiger partial charge in [0.15, 0.2) is 11.5 Å². The summed E-state index contributed by atoms with van der Waals surface area (Å²) in [5.41, 5.74) is 14.4. The van der Waals surface area contributed by atoms with Gasteiger partial charge in [0.05, 0.1) is 11.9 Å². The lowest BCUT2D eigenvalue weighted by molar-refractivity contribution is -0.134. The molecule has 4 aromatic heterocycles. The average Bonchev–Trinajstić information content (AvgIpc) is 3.62. The third kappa shape index (κ3) is 3.63. The second kappa shape index (κ2) is 8.67. The number of pyridine rings is 1. The van der Waals surface area contributed by atoms with Crippen LogP contribution >= 0.6 is 0 Å². The number of nitrogen functional groups attached to an aromatic ring is 1. The van der Waals surface area contributed by atoms with Gasteiger partial charge < -0.3 is 20.7 Å². The molecule has 10 nitrogen and oxygen atoms in total. The Hall–Kier alpha value is -4.31.